The Balaban J connectivity index is 1.55. The van der Waals surface area contributed by atoms with Gasteiger partial charge in [-0.15, -0.1) is 0 Å². The quantitative estimate of drug-likeness (QED) is 0.401. The molecule has 1 aromatic heterocycles. The molecule has 6 nitrogen and oxygen atoms in total. The largest absolute Gasteiger partial charge is 0.325 e. The lowest BCUT2D eigenvalue weighted by Crippen LogP contribution is -2.36. The SMILES string of the molecule is Cc1cccc(NC(=O)CN2C(=O)S/C(=C\c3cc(C)n(-c4ccc(Cl)cc4Cl)c3C)C2=O)c1. The topological polar surface area (TPSA) is 71.4 Å². The third-order valence-electron chi connectivity index (χ3n) is 5.38. The first-order valence-corrected chi connectivity index (χ1v) is 12.0. The zero-order valence-electron chi connectivity index (χ0n) is 18.7. The van der Waals surface area contributed by atoms with Crippen molar-refractivity contribution in [1.29, 1.82) is 0 Å². The van der Waals surface area contributed by atoms with Gasteiger partial charge in [-0.05, 0) is 86.1 Å². The van der Waals surface area contributed by atoms with Crippen LogP contribution in [0.5, 0.6) is 0 Å². The zero-order chi connectivity index (χ0) is 24.6. The average Bonchev–Trinajstić information content (AvgIpc) is 3.18. The molecule has 3 aromatic rings. The lowest BCUT2D eigenvalue weighted by Gasteiger charge is -2.13. The molecule has 0 atom stereocenters. The maximum Gasteiger partial charge on any atom is 0.294 e. The molecule has 2 heterocycles. The summed E-state index contributed by atoms with van der Waals surface area (Å²) in [6.45, 7) is 5.39. The third-order valence-corrected chi connectivity index (χ3v) is 6.83. The van der Waals surface area contributed by atoms with E-state index in [1.807, 2.05) is 55.7 Å². The fraction of sp³-hybridized carbons (Fsp3) is 0.160. The van der Waals surface area contributed by atoms with Gasteiger partial charge in [0.25, 0.3) is 11.1 Å². The lowest BCUT2D eigenvalue weighted by atomic mass is 10.2. The van der Waals surface area contributed by atoms with Crippen LogP contribution in [0.15, 0.2) is 53.4 Å². The summed E-state index contributed by atoms with van der Waals surface area (Å²) in [6, 6.07) is 14.5. The number of nitrogens with zero attached hydrogens (tertiary/aromatic N) is 2. The Bertz CT molecular complexity index is 1360. The van der Waals surface area contributed by atoms with Gasteiger partial charge in [0.1, 0.15) is 6.54 Å². The molecule has 1 N–H and O–H groups in total. The molecule has 0 aliphatic carbocycles. The summed E-state index contributed by atoms with van der Waals surface area (Å²) < 4.78 is 1.96. The van der Waals surface area contributed by atoms with Crippen molar-refractivity contribution in [3.8, 4) is 5.69 Å². The first kappa shape index (κ1) is 24.1. The number of rotatable bonds is 5. The Morgan fingerprint density at radius 1 is 1.06 bits per heavy atom. The Labute approximate surface area is 211 Å². The highest BCUT2D eigenvalue weighted by atomic mass is 35.5. The summed E-state index contributed by atoms with van der Waals surface area (Å²) in [5.41, 5.74) is 4.90. The van der Waals surface area contributed by atoms with E-state index in [1.165, 1.54) is 0 Å². The minimum Gasteiger partial charge on any atom is -0.325 e. The van der Waals surface area contributed by atoms with Crippen molar-refractivity contribution in [3.05, 3.63) is 86.0 Å². The molecule has 2 aromatic carbocycles. The van der Waals surface area contributed by atoms with Gasteiger partial charge in [0.2, 0.25) is 5.91 Å². The highest BCUT2D eigenvalue weighted by molar-refractivity contribution is 8.18. The Morgan fingerprint density at radius 2 is 1.82 bits per heavy atom. The summed E-state index contributed by atoms with van der Waals surface area (Å²) in [6.07, 6.45) is 1.67. The molecule has 34 heavy (non-hydrogen) atoms. The number of anilines is 1. The van der Waals surface area contributed by atoms with Crippen LogP contribution in [0.3, 0.4) is 0 Å². The molecule has 0 spiro atoms. The predicted molar refractivity (Wildman–Crippen MR) is 138 cm³/mol. The summed E-state index contributed by atoms with van der Waals surface area (Å²) in [7, 11) is 0. The van der Waals surface area contributed by atoms with E-state index >= 15 is 0 Å². The van der Waals surface area contributed by atoms with Crippen LogP contribution < -0.4 is 5.32 Å². The standard InChI is InChI=1S/C25H21Cl2N3O3S/c1-14-5-4-6-19(9-14)28-23(31)13-29-24(32)22(34-25(29)33)11-17-10-15(2)30(16(17)3)21-8-7-18(26)12-20(21)27/h4-12H,13H2,1-3H3,(H,28,31)/b22-11-. The van der Waals surface area contributed by atoms with E-state index in [0.717, 1.165) is 44.9 Å². The van der Waals surface area contributed by atoms with Crippen molar-refractivity contribution in [2.24, 2.45) is 0 Å². The van der Waals surface area contributed by atoms with E-state index in [2.05, 4.69) is 5.32 Å². The van der Waals surface area contributed by atoms with Crippen molar-refractivity contribution in [1.82, 2.24) is 9.47 Å². The fourth-order valence-electron chi connectivity index (χ4n) is 3.81. The van der Waals surface area contributed by atoms with Crippen molar-refractivity contribution in [3.63, 3.8) is 0 Å². The first-order chi connectivity index (χ1) is 16.1. The van der Waals surface area contributed by atoms with Crippen LogP contribution in [0.4, 0.5) is 10.5 Å². The van der Waals surface area contributed by atoms with Crippen molar-refractivity contribution >= 4 is 63.8 Å². The molecule has 1 saturated heterocycles. The predicted octanol–water partition coefficient (Wildman–Crippen LogP) is 6.38. The second kappa shape index (κ2) is 9.70. The number of aromatic nitrogens is 1. The number of amides is 3. The molecule has 174 valence electrons. The molecule has 1 aliphatic rings. The Hall–Kier alpha value is -3.00. The summed E-state index contributed by atoms with van der Waals surface area (Å²) in [5.74, 6) is -0.937. The smallest absolute Gasteiger partial charge is 0.294 e. The van der Waals surface area contributed by atoms with Gasteiger partial charge < -0.3 is 9.88 Å². The summed E-state index contributed by atoms with van der Waals surface area (Å²) in [4.78, 5) is 39.1. The normalized spacial score (nSPS) is 14.9. The van der Waals surface area contributed by atoms with Crippen molar-refractivity contribution < 1.29 is 14.4 Å². The first-order valence-electron chi connectivity index (χ1n) is 10.4. The highest BCUT2D eigenvalue weighted by Crippen LogP contribution is 2.35. The fourth-order valence-corrected chi connectivity index (χ4v) is 5.13. The zero-order valence-corrected chi connectivity index (χ0v) is 21.0. The number of carbonyl (C=O) groups is 3. The Morgan fingerprint density at radius 3 is 2.53 bits per heavy atom. The maximum atomic E-state index is 12.9. The lowest BCUT2D eigenvalue weighted by molar-refractivity contribution is -0.127. The van der Waals surface area contributed by atoms with E-state index in [4.69, 9.17) is 23.2 Å². The van der Waals surface area contributed by atoms with E-state index in [1.54, 1.807) is 24.3 Å². The van der Waals surface area contributed by atoms with Crippen LogP contribution in [-0.2, 0) is 9.59 Å². The molecule has 0 radical (unpaired) electrons. The van der Waals surface area contributed by atoms with Crippen LogP contribution in [0.1, 0.15) is 22.5 Å². The second-order valence-electron chi connectivity index (χ2n) is 7.94. The number of hydrogen-bond donors (Lipinski definition) is 1. The molecule has 0 bridgehead atoms. The number of benzene rings is 2. The van der Waals surface area contributed by atoms with Gasteiger partial charge in [0, 0.05) is 22.1 Å². The number of aryl methyl sites for hydroxylation is 2. The molecule has 0 saturated carbocycles. The van der Waals surface area contributed by atoms with Crippen LogP contribution in [0.25, 0.3) is 11.8 Å². The number of carbonyl (C=O) groups excluding carboxylic acids is 3. The highest BCUT2D eigenvalue weighted by Gasteiger charge is 2.36. The minimum absolute atomic E-state index is 0.260. The molecular weight excluding hydrogens is 493 g/mol. The van der Waals surface area contributed by atoms with Gasteiger partial charge in [0.15, 0.2) is 0 Å². The molecular formula is C25H21Cl2N3O3S. The van der Waals surface area contributed by atoms with Gasteiger partial charge in [0.05, 0.1) is 15.6 Å². The molecule has 4 rings (SSSR count). The van der Waals surface area contributed by atoms with E-state index in [0.29, 0.717) is 15.7 Å². The van der Waals surface area contributed by atoms with Crippen LogP contribution in [0, 0.1) is 20.8 Å². The van der Waals surface area contributed by atoms with Crippen LogP contribution in [-0.4, -0.2) is 33.1 Å². The van der Waals surface area contributed by atoms with Crippen molar-refractivity contribution in [2.75, 3.05) is 11.9 Å². The molecule has 3 amide bonds. The molecule has 9 heteroatoms. The molecule has 1 fully saturated rings. The summed E-state index contributed by atoms with van der Waals surface area (Å²) >= 11 is 13.2. The van der Waals surface area contributed by atoms with Gasteiger partial charge in [-0.25, -0.2) is 0 Å². The molecule has 0 unspecified atom stereocenters. The number of halogens is 2. The van der Waals surface area contributed by atoms with Crippen LogP contribution >= 0.6 is 35.0 Å². The number of nitrogens with one attached hydrogen (secondary N) is 1. The van der Waals surface area contributed by atoms with E-state index in [9.17, 15) is 14.4 Å². The Kier molecular flexibility index (Phi) is 6.89. The van der Waals surface area contributed by atoms with Crippen LogP contribution in [0.2, 0.25) is 10.0 Å². The van der Waals surface area contributed by atoms with E-state index < -0.39 is 17.1 Å². The van der Waals surface area contributed by atoms with Gasteiger partial charge in [-0.2, -0.15) is 0 Å². The molecule has 1 aliphatic heterocycles. The van der Waals surface area contributed by atoms with E-state index in [-0.39, 0.29) is 11.4 Å². The number of imide groups is 1. The maximum absolute atomic E-state index is 12.9. The van der Waals surface area contributed by atoms with Gasteiger partial charge in [-0.1, -0.05) is 35.3 Å². The average molecular weight is 514 g/mol. The minimum atomic E-state index is -0.497. The summed E-state index contributed by atoms with van der Waals surface area (Å²) in [5, 5.41) is 3.28. The third kappa shape index (κ3) is 4.92. The van der Waals surface area contributed by atoms with Gasteiger partial charge in [-0.3, -0.25) is 19.3 Å². The number of thioether (sulfide) groups is 1. The monoisotopic (exact) mass is 513 g/mol. The van der Waals surface area contributed by atoms with Crippen molar-refractivity contribution in [2.45, 2.75) is 20.8 Å². The number of hydrogen-bond acceptors (Lipinski definition) is 4. The van der Waals surface area contributed by atoms with Gasteiger partial charge >= 0.3 is 0 Å². The second-order valence-corrected chi connectivity index (χ2v) is 9.78.